The van der Waals surface area contributed by atoms with Gasteiger partial charge < -0.3 is 34.3 Å². The molecule has 9 heteroatoms. The van der Waals surface area contributed by atoms with Crippen LogP contribution < -0.4 is 19.5 Å². The third-order valence-corrected chi connectivity index (χ3v) is 8.54. The molecule has 1 atom stereocenters. The molecule has 9 nitrogen and oxygen atoms in total. The Balaban J connectivity index is 1.78. The molecule has 1 fully saturated rings. The first-order valence-electron chi connectivity index (χ1n) is 15.8. The lowest BCUT2D eigenvalue weighted by Gasteiger charge is -2.34. The van der Waals surface area contributed by atoms with Gasteiger partial charge in [0.2, 0.25) is 11.7 Å². The highest BCUT2D eigenvalue weighted by Crippen LogP contribution is 2.41. The van der Waals surface area contributed by atoms with Crippen molar-refractivity contribution in [2.45, 2.75) is 64.5 Å². The molecule has 2 N–H and O–H groups in total. The second-order valence-corrected chi connectivity index (χ2v) is 11.2. The maximum absolute atomic E-state index is 14.5. The summed E-state index contributed by atoms with van der Waals surface area (Å²) >= 11 is 0. The number of nitrogens with one attached hydrogen (secondary N) is 2. The SMILES string of the molecule is CCN(CC)CCCN(C(=O)c1ccc(-c2ccccc2)[nH]1)[C@@H](C(=O)NC1CCCCC1)c1cc(OC)c(OC)c(OC)c1. The number of aromatic amines is 1. The number of H-pyrrole nitrogens is 1. The molecular formula is C35H48N4O5. The van der Waals surface area contributed by atoms with E-state index in [0.717, 1.165) is 56.6 Å². The van der Waals surface area contributed by atoms with Crippen molar-refractivity contribution in [2.75, 3.05) is 47.5 Å². The standard InChI is InChI=1S/C35H48N4O5/c1-6-38(7-2)21-14-22-39(35(41)29-20-19-28(37-29)25-15-10-8-11-16-25)32(34(40)36-27-17-12-9-13-18-27)26-23-30(42-3)33(44-5)31(24-26)43-4/h8,10-11,15-16,19-20,23-24,27,32,37H,6-7,9,12-14,17-18,21-22H2,1-5H3,(H,36,40)/t32-/m1/s1. The zero-order valence-electron chi connectivity index (χ0n) is 26.9. The Labute approximate surface area is 261 Å². The lowest BCUT2D eigenvalue weighted by molar-refractivity contribution is -0.127. The van der Waals surface area contributed by atoms with Crippen LogP contribution in [0.5, 0.6) is 17.2 Å². The average molecular weight is 605 g/mol. The minimum Gasteiger partial charge on any atom is -0.493 e. The van der Waals surface area contributed by atoms with E-state index in [-0.39, 0.29) is 17.9 Å². The lowest BCUT2D eigenvalue weighted by Crippen LogP contribution is -2.47. The molecule has 1 saturated carbocycles. The van der Waals surface area contributed by atoms with Gasteiger partial charge >= 0.3 is 0 Å². The average Bonchev–Trinajstić information content (AvgIpc) is 3.56. The van der Waals surface area contributed by atoms with Crippen LogP contribution in [0.3, 0.4) is 0 Å². The summed E-state index contributed by atoms with van der Waals surface area (Å²) in [5, 5.41) is 3.29. The largest absolute Gasteiger partial charge is 0.493 e. The van der Waals surface area contributed by atoms with Crippen molar-refractivity contribution in [2.24, 2.45) is 0 Å². The molecule has 44 heavy (non-hydrogen) atoms. The van der Waals surface area contributed by atoms with Gasteiger partial charge in [0.25, 0.3) is 5.91 Å². The minimum absolute atomic E-state index is 0.0728. The topological polar surface area (TPSA) is 96.1 Å². The highest BCUT2D eigenvalue weighted by atomic mass is 16.5. The van der Waals surface area contributed by atoms with E-state index >= 15 is 0 Å². The summed E-state index contributed by atoms with van der Waals surface area (Å²) in [7, 11) is 4.65. The van der Waals surface area contributed by atoms with Crippen LogP contribution in [0.25, 0.3) is 11.3 Å². The maximum atomic E-state index is 14.5. The van der Waals surface area contributed by atoms with Gasteiger partial charge in [0.1, 0.15) is 11.7 Å². The number of rotatable bonds is 15. The molecule has 0 spiro atoms. The van der Waals surface area contributed by atoms with Crippen LogP contribution in [0.1, 0.15) is 74.5 Å². The van der Waals surface area contributed by atoms with Crippen LogP contribution in [0.15, 0.2) is 54.6 Å². The van der Waals surface area contributed by atoms with Crippen LogP contribution in [0, 0.1) is 0 Å². The van der Waals surface area contributed by atoms with Gasteiger partial charge in [-0.2, -0.15) is 0 Å². The first kappa shape index (κ1) is 32.9. The fraction of sp³-hybridized carbons (Fsp3) is 0.486. The predicted octanol–water partition coefficient (Wildman–Crippen LogP) is 6.07. The summed E-state index contributed by atoms with van der Waals surface area (Å²) < 4.78 is 16.9. The predicted molar refractivity (Wildman–Crippen MR) is 174 cm³/mol. The van der Waals surface area contributed by atoms with E-state index in [1.807, 2.05) is 36.4 Å². The van der Waals surface area contributed by atoms with Gasteiger partial charge in [0, 0.05) is 18.3 Å². The third kappa shape index (κ3) is 7.94. The smallest absolute Gasteiger partial charge is 0.271 e. The van der Waals surface area contributed by atoms with E-state index in [1.54, 1.807) is 44.4 Å². The van der Waals surface area contributed by atoms with Gasteiger partial charge in [-0.1, -0.05) is 63.4 Å². The van der Waals surface area contributed by atoms with Crippen molar-refractivity contribution in [3.63, 3.8) is 0 Å². The van der Waals surface area contributed by atoms with Crippen molar-refractivity contribution >= 4 is 11.8 Å². The normalized spacial score (nSPS) is 14.2. The molecular weight excluding hydrogens is 556 g/mol. The molecule has 0 bridgehead atoms. The molecule has 0 radical (unpaired) electrons. The molecule has 1 heterocycles. The molecule has 0 saturated heterocycles. The summed E-state index contributed by atoms with van der Waals surface area (Å²) in [6, 6.07) is 16.3. The lowest BCUT2D eigenvalue weighted by atomic mass is 9.94. The Bertz CT molecular complexity index is 1320. The van der Waals surface area contributed by atoms with Crippen molar-refractivity contribution < 1.29 is 23.8 Å². The van der Waals surface area contributed by atoms with Gasteiger partial charge in [-0.15, -0.1) is 0 Å². The number of carbonyl (C=O) groups is 2. The molecule has 0 unspecified atom stereocenters. The van der Waals surface area contributed by atoms with Gasteiger partial charge in [-0.25, -0.2) is 0 Å². The molecule has 1 aromatic heterocycles. The second kappa shape index (κ2) is 16.2. The summed E-state index contributed by atoms with van der Waals surface area (Å²) in [6.07, 6.45) is 5.90. The Kier molecular flexibility index (Phi) is 12.1. The van der Waals surface area contributed by atoms with E-state index < -0.39 is 6.04 Å². The van der Waals surface area contributed by atoms with Crippen molar-refractivity contribution in [1.29, 1.82) is 0 Å². The first-order valence-corrected chi connectivity index (χ1v) is 15.8. The molecule has 4 rings (SSSR count). The highest BCUT2D eigenvalue weighted by molar-refractivity contribution is 5.97. The molecule has 1 aliphatic carbocycles. The highest BCUT2D eigenvalue weighted by Gasteiger charge is 2.35. The van der Waals surface area contributed by atoms with Crippen LogP contribution in [-0.2, 0) is 4.79 Å². The number of hydrogen-bond acceptors (Lipinski definition) is 6. The Hall–Kier alpha value is -3.98. The Morgan fingerprint density at radius 2 is 1.55 bits per heavy atom. The van der Waals surface area contributed by atoms with E-state index in [9.17, 15) is 9.59 Å². The summed E-state index contributed by atoms with van der Waals surface area (Å²) in [5.41, 5.74) is 2.84. The maximum Gasteiger partial charge on any atom is 0.271 e. The molecule has 2 amide bonds. The summed E-state index contributed by atoms with van der Waals surface area (Å²) in [5.74, 6) is 0.834. The van der Waals surface area contributed by atoms with Crippen LogP contribution in [-0.4, -0.2) is 80.1 Å². The Morgan fingerprint density at radius 1 is 0.886 bits per heavy atom. The first-order chi connectivity index (χ1) is 21.4. The fourth-order valence-electron chi connectivity index (χ4n) is 6.07. The van der Waals surface area contributed by atoms with Gasteiger partial charge in [-0.05, 0) is 74.3 Å². The molecule has 1 aliphatic rings. The van der Waals surface area contributed by atoms with Crippen LogP contribution in [0.4, 0.5) is 0 Å². The number of nitrogens with zero attached hydrogens (tertiary/aromatic N) is 2. The monoisotopic (exact) mass is 604 g/mol. The number of methoxy groups -OCH3 is 3. The second-order valence-electron chi connectivity index (χ2n) is 11.2. The quantitative estimate of drug-likeness (QED) is 0.219. The van der Waals surface area contributed by atoms with E-state index in [0.29, 0.717) is 41.5 Å². The Morgan fingerprint density at radius 3 is 2.14 bits per heavy atom. The van der Waals surface area contributed by atoms with Crippen molar-refractivity contribution in [3.05, 3.63) is 65.9 Å². The van der Waals surface area contributed by atoms with E-state index in [4.69, 9.17) is 14.2 Å². The molecule has 238 valence electrons. The molecule has 3 aromatic rings. The van der Waals surface area contributed by atoms with Crippen molar-refractivity contribution in [1.82, 2.24) is 20.1 Å². The molecule has 0 aliphatic heterocycles. The zero-order chi connectivity index (χ0) is 31.5. The number of ether oxygens (including phenoxy) is 3. The summed E-state index contributed by atoms with van der Waals surface area (Å²) in [6.45, 7) is 7.29. The zero-order valence-corrected chi connectivity index (χ0v) is 26.9. The number of hydrogen-bond donors (Lipinski definition) is 2. The fourth-order valence-corrected chi connectivity index (χ4v) is 6.07. The van der Waals surface area contributed by atoms with Gasteiger partial charge in [0.05, 0.1) is 21.3 Å². The van der Waals surface area contributed by atoms with E-state index in [2.05, 4.69) is 29.0 Å². The minimum atomic E-state index is -0.918. The van der Waals surface area contributed by atoms with Crippen LogP contribution >= 0.6 is 0 Å². The van der Waals surface area contributed by atoms with Gasteiger partial charge in [-0.3, -0.25) is 9.59 Å². The van der Waals surface area contributed by atoms with E-state index in [1.165, 1.54) is 6.42 Å². The van der Waals surface area contributed by atoms with Crippen molar-refractivity contribution in [3.8, 4) is 28.5 Å². The van der Waals surface area contributed by atoms with Gasteiger partial charge in [0.15, 0.2) is 11.5 Å². The summed E-state index contributed by atoms with van der Waals surface area (Å²) in [4.78, 5) is 36.1. The van der Waals surface area contributed by atoms with Crippen LogP contribution in [0.2, 0.25) is 0 Å². The number of amides is 2. The number of carbonyl (C=O) groups excluding carboxylic acids is 2. The third-order valence-electron chi connectivity index (χ3n) is 8.54. The number of aromatic nitrogens is 1. The molecule has 2 aromatic carbocycles. The number of benzene rings is 2.